The summed E-state index contributed by atoms with van der Waals surface area (Å²) in [6, 6.07) is 5.41. The molecule has 1 heterocycles. The van der Waals surface area contributed by atoms with Gasteiger partial charge in [0.15, 0.2) is 11.5 Å². The lowest BCUT2D eigenvalue weighted by molar-refractivity contribution is 0.403. The second kappa shape index (κ2) is 3.98. The minimum atomic E-state index is -0.0677. The summed E-state index contributed by atoms with van der Waals surface area (Å²) >= 11 is 0. The number of anilines is 1. The summed E-state index contributed by atoms with van der Waals surface area (Å²) in [5.74, 6) is -0.124. The maximum atomic E-state index is 9.40. The third kappa shape index (κ3) is 2.15. The van der Waals surface area contributed by atoms with Crippen molar-refractivity contribution in [1.82, 2.24) is 5.32 Å². The van der Waals surface area contributed by atoms with Crippen LogP contribution in [0.5, 0.6) is 11.5 Å². The van der Waals surface area contributed by atoms with Gasteiger partial charge in [-0.15, -0.1) is 0 Å². The largest absolute Gasteiger partial charge is 0.504 e. The topological polar surface area (TPSA) is 55.7 Å². The molecule has 82 valence electrons. The molecule has 1 aliphatic rings. The van der Waals surface area contributed by atoms with Gasteiger partial charge in [-0.1, -0.05) is 0 Å². The monoisotopic (exact) mass is 208 g/mol. The molecule has 1 aromatic rings. The molecule has 1 atom stereocenters. The van der Waals surface area contributed by atoms with Gasteiger partial charge in [-0.05, 0) is 19.1 Å². The summed E-state index contributed by atoms with van der Waals surface area (Å²) in [5, 5.41) is 22.0. The van der Waals surface area contributed by atoms with Crippen molar-refractivity contribution in [2.24, 2.45) is 0 Å². The van der Waals surface area contributed by atoms with Gasteiger partial charge in [0.25, 0.3) is 0 Å². The summed E-state index contributed by atoms with van der Waals surface area (Å²) in [6.07, 6.45) is 0. The van der Waals surface area contributed by atoms with Crippen LogP contribution in [0.2, 0.25) is 0 Å². The zero-order valence-electron chi connectivity index (χ0n) is 8.77. The highest BCUT2D eigenvalue weighted by Gasteiger charge is 2.16. The van der Waals surface area contributed by atoms with Crippen LogP contribution < -0.4 is 10.2 Å². The van der Waals surface area contributed by atoms with Crippen LogP contribution in [0.1, 0.15) is 6.92 Å². The molecule has 0 aromatic heterocycles. The first-order valence-electron chi connectivity index (χ1n) is 5.17. The van der Waals surface area contributed by atoms with Crippen molar-refractivity contribution >= 4 is 5.69 Å². The Bertz CT molecular complexity index is 354. The molecule has 1 aliphatic heterocycles. The number of rotatable bonds is 1. The van der Waals surface area contributed by atoms with Crippen LogP contribution in [0.15, 0.2) is 18.2 Å². The molecule has 0 aliphatic carbocycles. The van der Waals surface area contributed by atoms with Gasteiger partial charge in [-0.3, -0.25) is 0 Å². The summed E-state index contributed by atoms with van der Waals surface area (Å²) in [6.45, 7) is 4.92. The quantitative estimate of drug-likeness (QED) is 0.600. The molecule has 4 heteroatoms. The first-order valence-corrected chi connectivity index (χ1v) is 5.17. The molecule has 0 unspecified atom stereocenters. The lowest BCUT2D eigenvalue weighted by atomic mass is 10.2. The van der Waals surface area contributed by atoms with Gasteiger partial charge in [0.1, 0.15) is 0 Å². The number of phenols is 2. The van der Waals surface area contributed by atoms with Gasteiger partial charge in [0.05, 0.1) is 0 Å². The Morgan fingerprint density at radius 2 is 2.13 bits per heavy atom. The maximum Gasteiger partial charge on any atom is 0.159 e. The van der Waals surface area contributed by atoms with Gasteiger partial charge in [0.2, 0.25) is 0 Å². The number of aromatic hydroxyl groups is 2. The normalized spacial score (nSPS) is 21.7. The van der Waals surface area contributed by atoms with E-state index in [-0.39, 0.29) is 11.5 Å². The third-order valence-corrected chi connectivity index (χ3v) is 2.69. The van der Waals surface area contributed by atoms with E-state index in [0.717, 1.165) is 25.3 Å². The second-order valence-electron chi connectivity index (χ2n) is 3.97. The van der Waals surface area contributed by atoms with Crippen molar-refractivity contribution in [3.8, 4) is 11.5 Å². The maximum absolute atomic E-state index is 9.40. The fraction of sp³-hybridized carbons (Fsp3) is 0.455. The third-order valence-electron chi connectivity index (χ3n) is 2.69. The van der Waals surface area contributed by atoms with E-state index in [0.29, 0.717) is 6.04 Å². The number of hydrogen-bond donors (Lipinski definition) is 3. The molecule has 0 bridgehead atoms. The van der Waals surface area contributed by atoms with Gasteiger partial charge < -0.3 is 20.4 Å². The Kier molecular flexibility index (Phi) is 2.68. The lowest BCUT2D eigenvalue weighted by Crippen LogP contribution is -2.49. The Labute approximate surface area is 89.1 Å². The molecule has 4 nitrogen and oxygen atoms in total. The SMILES string of the molecule is C[C@@H]1CN(c2ccc(O)c(O)c2)CCN1. The van der Waals surface area contributed by atoms with Gasteiger partial charge >= 0.3 is 0 Å². The Balaban J connectivity index is 2.18. The molecular weight excluding hydrogens is 192 g/mol. The summed E-state index contributed by atoms with van der Waals surface area (Å²) in [4.78, 5) is 2.19. The standard InChI is InChI=1S/C11H16N2O2/c1-8-7-13(5-4-12-8)9-2-3-10(14)11(15)6-9/h2-3,6,8,12,14-15H,4-5,7H2,1H3/t8-/m1/s1. The predicted octanol–water partition coefficient (Wildman–Crippen LogP) is 0.896. The molecule has 0 saturated carbocycles. The lowest BCUT2D eigenvalue weighted by Gasteiger charge is -2.33. The van der Waals surface area contributed by atoms with Crippen LogP contribution in [-0.2, 0) is 0 Å². The van der Waals surface area contributed by atoms with E-state index in [2.05, 4.69) is 17.1 Å². The minimum Gasteiger partial charge on any atom is -0.504 e. The second-order valence-corrected chi connectivity index (χ2v) is 3.97. The van der Waals surface area contributed by atoms with Crippen molar-refractivity contribution in [2.45, 2.75) is 13.0 Å². The molecule has 0 radical (unpaired) electrons. The van der Waals surface area contributed by atoms with E-state index >= 15 is 0 Å². The van der Waals surface area contributed by atoms with Gasteiger partial charge in [-0.25, -0.2) is 0 Å². The van der Waals surface area contributed by atoms with E-state index in [9.17, 15) is 10.2 Å². The summed E-state index contributed by atoms with van der Waals surface area (Å²) < 4.78 is 0. The first-order chi connectivity index (χ1) is 7.16. The Morgan fingerprint density at radius 1 is 1.33 bits per heavy atom. The van der Waals surface area contributed by atoms with Crippen LogP contribution in [0, 0.1) is 0 Å². The average molecular weight is 208 g/mol. The molecule has 0 spiro atoms. The van der Waals surface area contributed by atoms with Crippen molar-refractivity contribution in [3.05, 3.63) is 18.2 Å². The minimum absolute atomic E-state index is 0.0568. The van der Waals surface area contributed by atoms with Crippen molar-refractivity contribution < 1.29 is 10.2 Å². The molecule has 1 aromatic carbocycles. The van der Waals surface area contributed by atoms with Crippen molar-refractivity contribution in [1.29, 1.82) is 0 Å². The number of piperazine rings is 1. The fourth-order valence-electron chi connectivity index (χ4n) is 1.88. The highest BCUT2D eigenvalue weighted by molar-refractivity contribution is 5.55. The Morgan fingerprint density at radius 3 is 2.80 bits per heavy atom. The highest BCUT2D eigenvalue weighted by Crippen LogP contribution is 2.29. The van der Waals surface area contributed by atoms with Crippen LogP contribution in [0.4, 0.5) is 5.69 Å². The molecule has 0 amide bonds. The van der Waals surface area contributed by atoms with Crippen LogP contribution in [0.3, 0.4) is 0 Å². The van der Waals surface area contributed by atoms with E-state index in [1.807, 2.05) is 6.07 Å². The van der Waals surface area contributed by atoms with Gasteiger partial charge in [-0.2, -0.15) is 0 Å². The number of benzene rings is 1. The predicted molar refractivity (Wildman–Crippen MR) is 59.4 cm³/mol. The zero-order chi connectivity index (χ0) is 10.8. The van der Waals surface area contributed by atoms with E-state index in [1.165, 1.54) is 6.07 Å². The molecule has 15 heavy (non-hydrogen) atoms. The molecular formula is C11H16N2O2. The van der Waals surface area contributed by atoms with E-state index < -0.39 is 0 Å². The fourth-order valence-corrected chi connectivity index (χ4v) is 1.88. The number of nitrogens with one attached hydrogen (secondary N) is 1. The molecule has 1 saturated heterocycles. The van der Waals surface area contributed by atoms with Crippen molar-refractivity contribution in [2.75, 3.05) is 24.5 Å². The van der Waals surface area contributed by atoms with Crippen LogP contribution in [0.25, 0.3) is 0 Å². The summed E-state index contributed by atoms with van der Waals surface area (Å²) in [7, 11) is 0. The molecule has 1 fully saturated rings. The van der Waals surface area contributed by atoms with Crippen LogP contribution >= 0.6 is 0 Å². The summed E-state index contributed by atoms with van der Waals surface area (Å²) in [5.41, 5.74) is 0.957. The first kappa shape index (κ1) is 10.1. The van der Waals surface area contributed by atoms with Gasteiger partial charge in [0, 0.05) is 37.4 Å². The van der Waals surface area contributed by atoms with E-state index in [4.69, 9.17) is 0 Å². The number of phenolic OH excluding ortho intramolecular Hbond substituents is 2. The zero-order valence-corrected chi connectivity index (χ0v) is 8.77. The Hall–Kier alpha value is -1.42. The number of hydrogen-bond acceptors (Lipinski definition) is 4. The molecule has 3 N–H and O–H groups in total. The highest BCUT2D eigenvalue weighted by atomic mass is 16.3. The van der Waals surface area contributed by atoms with Crippen molar-refractivity contribution in [3.63, 3.8) is 0 Å². The number of nitrogens with zero attached hydrogens (tertiary/aromatic N) is 1. The smallest absolute Gasteiger partial charge is 0.159 e. The van der Waals surface area contributed by atoms with Crippen LogP contribution in [-0.4, -0.2) is 35.9 Å². The molecule has 2 rings (SSSR count). The van der Waals surface area contributed by atoms with E-state index in [1.54, 1.807) is 6.07 Å². The average Bonchev–Trinajstić information content (AvgIpc) is 2.22.